The normalized spacial score (nSPS) is 16.0. The molecule has 0 spiro atoms. The van der Waals surface area contributed by atoms with E-state index in [2.05, 4.69) is 20.4 Å². The molecule has 6 nitrogen and oxygen atoms in total. The average molecular weight is 333 g/mol. The molecule has 0 saturated heterocycles. The van der Waals surface area contributed by atoms with Gasteiger partial charge in [0.1, 0.15) is 0 Å². The maximum Gasteiger partial charge on any atom is 0.189 e. The number of aliphatic imine (C=N–C) groups is 1. The Kier molecular flexibility index (Phi) is 4.81. The second kappa shape index (κ2) is 7.00. The molecule has 0 unspecified atom stereocenters. The molecule has 0 atom stereocenters. The molecule has 0 bridgehead atoms. The molecule has 1 saturated carbocycles. The van der Waals surface area contributed by atoms with Crippen LogP contribution < -0.4 is 11.1 Å². The summed E-state index contributed by atoms with van der Waals surface area (Å²) in [5.74, 6) is 1.22. The van der Waals surface area contributed by atoms with Gasteiger partial charge in [-0.25, -0.2) is 14.7 Å². The number of aromatic nitrogens is 3. The van der Waals surface area contributed by atoms with Gasteiger partial charge < -0.3 is 11.1 Å². The van der Waals surface area contributed by atoms with Crippen molar-refractivity contribution in [3.63, 3.8) is 0 Å². The lowest BCUT2D eigenvalue weighted by Gasteiger charge is -2.13. The Morgan fingerprint density at radius 3 is 2.91 bits per heavy atom. The third-order valence-corrected chi connectivity index (χ3v) is 4.19. The van der Waals surface area contributed by atoms with Gasteiger partial charge in [0.25, 0.3) is 0 Å². The first-order valence-electron chi connectivity index (χ1n) is 7.85. The van der Waals surface area contributed by atoms with Gasteiger partial charge in [0, 0.05) is 17.3 Å². The van der Waals surface area contributed by atoms with Crippen molar-refractivity contribution in [3.05, 3.63) is 40.8 Å². The SMILES string of the molecule is Cc1ccc(CN=C(N)NC2CCCC2)c(-n2cc(Cl)cn2)n1. The molecule has 2 aromatic rings. The van der Waals surface area contributed by atoms with Crippen molar-refractivity contribution in [2.24, 2.45) is 10.7 Å². The minimum absolute atomic E-state index is 0.450. The van der Waals surface area contributed by atoms with Crippen LogP contribution in [-0.2, 0) is 6.54 Å². The van der Waals surface area contributed by atoms with Crippen LogP contribution in [0, 0.1) is 6.92 Å². The molecule has 0 aliphatic heterocycles. The first-order valence-corrected chi connectivity index (χ1v) is 8.23. The topological polar surface area (TPSA) is 81.1 Å². The molecule has 1 aliphatic carbocycles. The van der Waals surface area contributed by atoms with Crippen LogP contribution in [0.3, 0.4) is 0 Å². The van der Waals surface area contributed by atoms with E-state index in [4.69, 9.17) is 17.3 Å². The predicted molar refractivity (Wildman–Crippen MR) is 91.8 cm³/mol. The summed E-state index contributed by atoms with van der Waals surface area (Å²) in [7, 11) is 0. The fourth-order valence-electron chi connectivity index (χ4n) is 2.81. The summed E-state index contributed by atoms with van der Waals surface area (Å²) in [6.45, 7) is 2.39. The molecule has 2 aromatic heterocycles. The van der Waals surface area contributed by atoms with Crippen molar-refractivity contribution in [1.82, 2.24) is 20.1 Å². The molecular weight excluding hydrogens is 312 g/mol. The standard InChI is InChI=1S/C16H21ClN6/c1-11-6-7-12(15(21-11)23-10-13(17)9-20-23)8-19-16(18)22-14-4-2-3-5-14/h6-7,9-10,14H,2-5,8H2,1H3,(H3,18,19,22). The molecule has 3 N–H and O–H groups in total. The number of guanidine groups is 1. The maximum atomic E-state index is 6.00. The third kappa shape index (κ3) is 4.01. The van der Waals surface area contributed by atoms with Crippen molar-refractivity contribution in [2.45, 2.75) is 45.2 Å². The summed E-state index contributed by atoms with van der Waals surface area (Å²) in [6, 6.07) is 4.42. The number of hydrogen-bond donors (Lipinski definition) is 2. The van der Waals surface area contributed by atoms with Crippen LogP contribution in [0.5, 0.6) is 0 Å². The van der Waals surface area contributed by atoms with Crippen molar-refractivity contribution in [3.8, 4) is 5.82 Å². The van der Waals surface area contributed by atoms with E-state index in [0.29, 0.717) is 23.6 Å². The van der Waals surface area contributed by atoms with Gasteiger partial charge in [-0.15, -0.1) is 0 Å². The van der Waals surface area contributed by atoms with Crippen LogP contribution in [0.4, 0.5) is 0 Å². The smallest absolute Gasteiger partial charge is 0.189 e. The second-order valence-corrected chi connectivity index (χ2v) is 6.30. The number of rotatable bonds is 4. The number of pyridine rings is 1. The van der Waals surface area contributed by atoms with Crippen molar-refractivity contribution < 1.29 is 0 Å². The number of aryl methyl sites for hydroxylation is 1. The summed E-state index contributed by atoms with van der Waals surface area (Å²) in [6.07, 6.45) is 8.18. The minimum atomic E-state index is 0.450. The van der Waals surface area contributed by atoms with E-state index in [-0.39, 0.29) is 0 Å². The monoisotopic (exact) mass is 332 g/mol. The van der Waals surface area contributed by atoms with E-state index in [1.807, 2.05) is 19.1 Å². The highest BCUT2D eigenvalue weighted by Gasteiger charge is 2.15. The molecule has 0 amide bonds. The molecule has 3 rings (SSSR count). The number of nitrogens with two attached hydrogens (primary N) is 1. The number of nitrogens with one attached hydrogen (secondary N) is 1. The van der Waals surface area contributed by atoms with Crippen LogP contribution >= 0.6 is 11.6 Å². The van der Waals surface area contributed by atoms with Gasteiger partial charge >= 0.3 is 0 Å². The summed E-state index contributed by atoms with van der Waals surface area (Å²) >= 11 is 5.96. The maximum absolute atomic E-state index is 6.00. The second-order valence-electron chi connectivity index (χ2n) is 5.87. The summed E-state index contributed by atoms with van der Waals surface area (Å²) in [5, 5.41) is 8.09. The van der Waals surface area contributed by atoms with Crippen molar-refractivity contribution >= 4 is 17.6 Å². The zero-order valence-electron chi connectivity index (χ0n) is 13.2. The third-order valence-electron chi connectivity index (χ3n) is 3.99. The van der Waals surface area contributed by atoms with E-state index >= 15 is 0 Å². The Hall–Kier alpha value is -2.08. The van der Waals surface area contributed by atoms with Crippen LogP contribution in [0.25, 0.3) is 5.82 Å². The Morgan fingerprint density at radius 1 is 1.43 bits per heavy atom. The largest absolute Gasteiger partial charge is 0.370 e. The van der Waals surface area contributed by atoms with Crippen LogP contribution in [-0.4, -0.2) is 26.8 Å². The minimum Gasteiger partial charge on any atom is -0.370 e. The zero-order valence-corrected chi connectivity index (χ0v) is 13.9. The Bertz CT molecular complexity index is 702. The van der Waals surface area contributed by atoms with Gasteiger partial charge in [-0.3, -0.25) is 0 Å². The fourth-order valence-corrected chi connectivity index (χ4v) is 2.94. The Morgan fingerprint density at radius 2 is 2.22 bits per heavy atom. The van der Waals surface area contributed by atoms with Gasteiger partial charge in [0.05, 0.1) is 24.0 Å². The molecule has 122 valence electrons. The van der Waals surface area contributed by atoms with E-state index in [9.17, 15) is 0 Å². The molecular formula is C16H21ClN6. The first kappa shape index (κ1) is 15.8. The molecule has 0 radical (unpaired) electrons. The summed E-state index contributed by atoms with van der Waals surface area (Å²) < 4.78 is 1.67. The van der Waals surface area contributed by atoms with E-state index in [1.54, 1.807) is 17.1 Å². The summed E-state index contributed by atoms with van der Waals surface area (Å²) in [5.41, 5.74) is 7.86. The van der Waals surface area contributed by atoms with Crippen LogP contribution in [0.15, 0.2) is 29.5 Å². The molecule has 2 heterocycles. The van der Waals surface area contributed by atoms with Crippen molar-refractivity contribution in [2.75, 3.05) is 0 Å². The first-order chi connectivity index (χ1) is 11.1. The van der Waals surface area contributed by atoms with E-state index < -0.39 is 0 Å². The van der Waals surface area contributed by atoms with Gasteiger partial charge in [-0.1, -0.05) is 30.5 Å². The lowest BCUT2D eigenvalue weighted by Crippen LogP contribution is -2.38. The molecule has 0 aromatic carbocycles. The van der Waals surface area contributed by atoms with Crippen LogP contribution in [0.1, 0.15) is 36.9 Å². The van der Waals surface area contributed by atoms with E-state index in [0.717, 1.165) is 17.1 Å². The molecule has 1 fully saturated rings. The lowest BCUT2D eigenvalue weighted by molar-refractivity contribution is 0.625. The highest BCUT2D eigenvalue weighted by atomic mass is 35.5. The summed E-state index contributed by atoms with van der Waals surface area (Å²) in [4.78, 5) is 9.00. The highest BCUT2D eigenvalue weighted by Crippen LogP contribution is 2.18. The number of hydrogen-bond acceptors (Lipinski definition) is 3. The van der Waals surface area contributed by atoms with Gasteiger partial charge in [0.15, 0.2) is 11.8 Å². The lowest BCUT2D eigenvalue weighted by atomic mass is 10.2. The Labute approximate surface area is 140 Å². The quantitative estimate of drug-likeness (QED) is 0.666. The molecule has 1 aliphatic rings. The van der Waals surface area contributed by atoms with Gasteiger partial charge in [0.2, 0.25) is 0 Å². The van der Waals surface area contributed by atoms with Crippen molar-refractivity contribution in [1.29, 1.82) is 0 Å². The predicted octanol–water partition coefficient (Wildman–Crippen LogP) is 2.58. The fraction of sp³-hybridized carbons (Fsp3) is 0.438. The van der Waals surface area contributed by atoms with E-state index in [1.165, 1.54) is 25.7 Å². The number of halogens is 1. The molecule has 23 heavy (non-hydrogen) atoms. The highest BCUT2D eigenvalue weighted by molar-refractivity contribution is 6.30. The number of nitrogens with zero attached hydrogens (tertiary/aromatic N) is 4. The van der Waals surface area contributed by atoms with Gasteiger partial charge in [-0.05, 0) is 25.8 Å². The van der Waals surface area contributed by atoms with Crippen LogP contribution in [0.2, 0.25) is 5.02 Å². The molecule has 7 heteroatoms. The van der Waals surface area contributed by atoms with Gasteiger partial charge in [-0.2, -0.15) is 5.10 Å². The zero-order chi connectivity index (χ0) is 16.2. The average Bonchev–Trinajstić information content (AvgIpc) is 3.17. The Balaban J connectivity index is 1.76.